The molecule has 4 heterocycles. The van der Waals surface area contributed by atoms with Gasteiger partial charge in [-0.25, -0.2) is 15.0 Å². The molecule has 6 heteroatoms. The minimum Gasteiger partial charge on any atom is -0.348 e. The number of nitrogens with one attached hydrogen (secondary N) is 1. The Morgan fingerprint density at radius 3 is 2.46 bits per heavy atom. The molecular weight excluding hydrogens is 366 g/mol. The van der Waals surface area contributed by atoms with Crippen molar-refractivity contribution < 1.29 is 4.98 Å². The van der Waals surface area contributed by atoms with Gasteiger partial charge in [0.1, 0.15) is 30.1 Å². The summed E-state index contributed by atoms with van der Waals surface area (Å²) in [5, 5.41) is 3.38. The first-order valence-electron chi connectivity index (χ1n) is 9.56. The molecular formula is C22H22N5S+. The van der Waals surface area contributed by atoms with E-state index in [9.17, 15) is 0 Å². The maximum Gasteiger partial charge on any atom is 0.274 e. The quantitative estimate of drug-likeness (QED) is 0.535. The van der Waals surface area contributed by atoms with Crippen LogP contribution in [-0.4, -0.2) is 36.1 Å². The summed E-state index contributed by atoms with van der Waals surface area (Å²) in [5.74, 6) is 2.24. The normalized spacial score (nSPS) is 14.6. The Balaban J connectivity index is 1.45. The van der Waals surface area contributed by atoms with Gasteiger partial charge < -0.3 is 4.90 Å². The lowest BCUT2D eigenvalue weighted by atomic mass is 10.1. The van der Waals surface area contributed by atoms with E-state index >= 15 is 0 Å². The average molecular weight is 389 g/mol. The lowest BCUT2D eigenvalue weighted by molar-refractivity contribution is -0.373. The molecule has 0 amide bonds. The zero-order valence-corrected chi connectivity index (χ0v) is 16.6. The van der Waals surface area contributed by atoms with E-state index in [2.05, 4.69) is 80.6 Å². The minimum absolute atomic E-state index is 0.942. The van der Waals surface area contributed by atoms with E-state index in [1.807, 2.05) is 0 Å². The molecule has 0 atom stereocenters. The second-order valence-electron chi connectivity index (χ2n) is 7.09. The van der Waals surface area contributed by atoms with Crippen LogP contribution >= 0.6 is 11.3 Å². The molecule has 140 valence electrons. The van der Waals surface area contributed by atoms with E-state index in [1.165, 1.54) is 28.0 Å². The molecule has 1 fully saturated rings. The number of aromatic nitrogens is 3. The Morgan fingerprint density at radius 2 is 1.68 bits per heavy atom. The maximum absolute atomic E-state index is 4.70. The molecule has 0 saturated carbocycles. The van der Waals surface area contributed by atoms with E-state index < -0.39 is 0 Å². The van der Waals surface area contributed by atoms with Crippen molar-refractivity contribution in [1.82, 2.24) is 9.97 Å². The van der Waals surface area contributed by atoms with Crippen molar-refractivity contribution in [3.8, 4) is 11.1 Å². The van der Waals surface area contributed by atoms with Gasteiger partial charge in [0.05, 0.1) is 24.2 Å². The lowest BCUT2D eigenvalue weighted by Crippen LogP contribution is -2.48. The van der Waals surface area contributed by atoms with E-state index in [4.69, 9.17) is 4.98 Å². The molecule has 0 unspecified atom stereocenters. The van der Waals surface area contributed by atoms with Gasteiger partial charge in [-0.1, -0.05) is 36.4 Å². The van der Waals surface area contributed by atoms with Crippen molar-refractivity contribution in [1.29, 1.82) is 0 Å². The fourth-order valence-corrected chi connectivity index (χ4v) is 4.75. The van der Waals surface area contributed by atoms with Crippen LogP contribution in [0, 0.1) is 6.92 Å². The standard InChI is InChI=1S/C22H21N5S/c1-16-6-5-9-19(25-16)26-10-12-27(13-11-26)21-20-18(17-7-3-2-4-8-17)14-28-22(20)24-15-23-21/h2-9,14-15H,10-13H2,1H3/p+1. The molecule has 0 bridgehead atoms. The third kappa shape index (κ3) is 3.10. The molecule has 0 spiro atoms. The number of aryl methyl sites for hydroxylation is 1. The molecule has 4 aromatic rings. The number of rotatable bonds is 3. The van der Waals surface area contributed by atoms with Gasteiger partial charge in [0.2, 0.25) is 0 Å². The lowest BCUT2D eigenvalue weighted by Gasteiger charge is -2.32. The van der Waals surface area contributed by atoms with E-state index in [-0.39, 0.29) is 0 Å². The topological polar surface area (TPSA) is 46.4 Å². The second kappa shape index (κ2) is 7.20. The van der Waals surface area contributed by atoms with Gasteiger partial charge in [0, 0.05) is 17.0 Å². The van der Waals surface area contributed by atoms with Crippen molar-refractivity contribution >= 4 is 33.2 Å². The summed E-state index contributed by atoms with van der Waals surface area (Å²) >= 11 is 1.69. The molecule has 3 aromatic heterocycles. The van der Waals surface area contributed by atoms with Gasteiger partial charge in [-0.2, -0.15) is 0 Å². The van der Waals surface area contributed by atoms with Gasteiger partial charge in [-0.05, 0) is 18.6 Å². The van der Waals surface area contributed by atoms with Crippen LogP contribution in [0.4, 0.5) is 11.6 Å². The van der Waals surface area contributed by atoms with E-state index in [1.54, 1.807) is 17.7 Å². The summed E-state index contributed by atoms with van der Waals surface area (Å²) in [6.45, 7) is 5.92. The van der Waals surface area contributed by atoms with E-state index in [0.717, 1.165) is 36.8 Å². The maximum atomic E-state index is 4.70. The summed E-state index contributed by atoms with van der Waals surface area (Å²) in [7, 11) is 0. The van der Waals surface area contributed by atoms with E-state index in [0.29, 0.717) is 0 Å². The van der Waals surface area contributed by atoms with Crippen molar-refractivity contribution in [2.75, 3.05) is 36.0 Å². The highest BCUT2D eigenvalue weighted by atomic mass is 32.1. The Kier molecular flexibility index (Phi) is 4.41. The number of thiophene rings is 1. The number of hydrogen-bond acceptors (Lipinski definition) is 5. The molecule has 1 aliphatic heterocycles. The zero-order chi connectivity index (χ0) is 18.9. The van der Waals surface area contributed by atoms with Crippen LogP contribution in [0.3, 0.4) is 0 Å². The molecule has 5 nitrogen and oxygen atoms in total. The van der Waals surface area contributed by atoms with Crippen LogP contribution in [0.2, 0.25) is 0 Å². The number of hydrogen-bond donors (Lipinski definition) is 0. The van der Waals surface area contributed by atoms with Gasteiger partial charge in [-0.15, -0.1) is 11.3 Å². The second-order valence-corrected chi connectivity index (χ2v) is 7.94. The number of pyridine rings is 1. The number of H-pyrrole nitrogens is 1. The summed E-state index contributed by atoms with van der Waals surface area (Å²) in [6.07, 6.45) is 1.70. The molecule has 0 radical (unpaired) electrons. The first-order valence-corrected chi connectivity index (χ1v) is 10.4. The zero-order valence-electron chi connectivity index (χ0n) is 15.8. The van der Waals surface area contributed by atoms with Crippen LogP contribution in [0.25, 0.3) is 21.3 Å². The SMILES string of the molecule is Cc1cccc(N2CCN(c3ncnc4scc(-c5ccccc5)c34)CC2)[nH+]1. The monoisotopic (exact) mass is 388 g/mol. The van der Waals surface area contributed by atoms with Gasteiger partial charge >= 0.3 is 0 Å². The highest BCUT2D eigenvalue weighted by Gasteiger charge is 2.26. The summed E-state index contributed by atoms with van der Waals surface area (Å²) < 4.78 is 0. The van der Waals surface area contributed by atoms with Crippen molar-refractivity contribution in [3.05, 3.63) is 65.9 Å². The van der Waals surface area contributed by atoms with Crippen LogP contribution in [0.1, 0.15) is 5.69 Å². The fourth-order valence-electron chi connectivity index (χ4n) is 3.84. The predicted octanol–water partition coefficient (Wildman–Crippen LogP) is 3.81. The number of piperazine rings is 1. The Bertz CT molecular complexity index is 1100. The third-order valence-electron chi connectivity index (χ3n) is 5.28. The van der Waals surface area contributed by atoms with Crippen LogP contribution in [-0.2, 0) is 0 Å². The van der Waals surface area contributed by atoms with Gasteiger partial charge in [0.25, 0.3) is 5.82 Å². The summed E-state index contributed by atoms with van der Waals surface area (Å²) in [5.41, 5.74) is 3.63. The minimum atomic E-state index is 0.942. The van der Waals surface area contributed by atoms with Crippen molar-refractivity contribution in [2.45, 2.75) is 6.92 Å². The summed E-state index contributed by atoms with van der Waals surface area (Å²) in [4.78, 5) is 18.6. The number of nitrogens with zero attached hydrogens (tertiary/aromatic N) is 4. The van der Waals surface area contributed by atoms with Crippen molar-refractivity contribution in [3.63, 3.8) is 0 Å². The molecule has 1 aliphatic rings. The Hall–Kier alpha value is -2.99. The van der Waals surface area contributed by atoms with Crippen molar-refractivity contribution in [2.24, 2.45) is 0 Å². The number of benzene rings is 1. The highest BCUT2D eigenvalue weighted by molar-refractivity contribution is 7.17. The van der Waals surface area contributed by atoms with Gasteiger partial charge in [0.15, 0.2) is 0 Å². The highest BCUT2D eigenvalue weighted by Crippen LogP contribution is 2.38. The number of aromatic amines is 1. The largest absolute Gasteiger partial charge is 0.348 e. The molecule has 5 rings (SSSR count). The smallest absolute Gasteiger partial charge is 0.274 e. The number of anilines is 2. The van der Waals surface area contributed by atoms with Gasteiger partial charge in [-0.3, -0.25) is 4.90 Å². The predicted molar refractivity (Wildman–Crippen MR) is 115 cm³/mol. The molecule has 1 N–H and O–H groups in total. The van der Waals surface area contributed by atoms with Crippen LogP contribution in [0.15, 0.2) is 60.2 Å². The number of fused-ring (bicyclic) bond motifs is 1. The first kappa shape index (κ1) is 17.1. The fraction of sp³-hybridized carbons (Fsp3) is 0.227. The average Bonchev–Trinajstić information content (AvgIpc) is 3.19. The Labute approximate surface area is 168 Å². The molecule has 0 aliphatic carbocycles. The third-order valence-corrected chi connectivity index (χ3v) is 6.17. The summed E-state index contributed by atoms with van der Waals surface area (Å²) in [6, 6.07) is 16.9. The van der Waals surface area contributed by atoms with Crippen LogP contribution < -0.4 is 14.8 Å². The molecule has 1 aromatic carbocycles. The van der Waals surface area contributed by atoms with Crippen LogP contribution in [0.5, 0.6) is 0 Å². The molecule has 28 heavy (non-hydrogen) atoms. The molecule has 1 saturated heterocycles. The Morgan fingerprint density at radius 1 is 0.893 bits per heavy atom. The first-order chi connectivity index (χ1) is 13.8.